The number of benzene rings is 1. The number of methoxy groups -OCH3 is 1. The van der Waals surface area contributed by atoms with Crippen LogP contribution in [0.15, 0.2) is 66.4 Å². The minimum Gasteiger partial charge on any atom is -0.496 e. The first-order valence-electron chi connectivity index (χ1n) is 10.3. The van der Waals surface area contributed by atoms with Gasteiger partial charge in [-0.25, -0.2) is 0 Å². The third kappa shape index (κ3) is 4.30. The van der Waals surface area contributed by atoms with Gasteiger partial charge in [0.05, 0.1) is 19.9 Å². The van der Waals surface area contributed by atoms with Crippen LogP contribution < -0.4 is 4.74 Å². The van der Waals surface area contributed by atoms with Crippen LogP contribution in [0.25, 0.3) is 0 Å². The van der Waals surface area contributed by atoms with E-state index in [2.05, 4.69) is 36.1 Å². The van der Waals surface area contributed by atoms with E-state index in [1.165, 1.54) is 11.1 Å². The Kier molecular flexibility index (Phi) is 5.86. The standard InChI is InChI=1S/C24H28N2O3/c1-3-18-6-4-8-20(14-18)23-16-26(12-13-29-23)24(27)17-25-11-10-19-7-5-9-22(28-2)21(19)15-25/h4-9,12-13,16,18H,3,10-11,14-15,17H2,1-2H3. The van der Waals surface area contributed by atoms with Crippen LogP contribution in [-0.4, -0.2) is 35.9 Å². The van der Waals surface area contributed by atoms with Gasteiger partial charge in [0.1, 0.15) is 17.8 Å². The Bertz CT molecular complexity index is 883. The summed E-state index contributed by atoms with van der Waals surface area (Å²) >= 11 is 0. The quantitative estimate of drug-likeness (QED) is 0.755. The molecule has 0 aromatic heterocycles. The number of fused-ring (bicyclic) bond motifs is 1. The fourth-order valence-corrected chi connectivity index (χ4v) is 4.10. The van der Waals surface area contributed by atoms with E-state index in [1.807, 2.05) is 18.3 Å². The topological polar surface area (TPSA) is 42.0 Å². The van der Waals surface area contributed by atoms with Crippen molar-refractivity contribution in [2.75, 3.05) is 20.2 Å². The van der Waals surface area contributed by atoms with E-state index in [4.69, 9.17) is 9.47 Å². The van der Waals surface area contributed by atoms with Gasteiger partial charge in [-0.05, 0) is 42.4 Å². The lowest BCUT2D eigenvalue weighted by Crippen LogP contribution is -2.39. The van der Waals surface area contributed by atoms with Crippen LogP contribution in [-0.2, 0) is 22.5 Å². The van der Waals surface area contributed by atoms with Gasteiger partial charge in [-0.2, -0.15) is 0 Å². The normalized spacial score (nSPS) is 21.2. The first kappa shape index (κ1) is 19.5. The molecule has 152 valence electrons. The van der Waals surface area contributed by atoms with Crippen molar-refractivity contribution < 1.29 is 14.3 Å². The average molecular weight is 392 g/mol. The van der Waals surface area contributed by atoms with Crippen LogP contribution in [0.4, 0.5) is 0 Å². The Morgan fingerprint density at radius 1 is 1.34 bits per heavy atom. The highest BCUT2D eigenvalue weighted by Crippen LogP contribution is 2.30. The number of hydrogen-bond donors (Lipinski definition) is 0. The first-order chi connectivity index (χ1) is 14.2. The molecule has 5 heteroatoms. The number of allylic oxidation sites excluding steroid dienone is 4. The predicted molar refractivity (Wildman–Crippen MR) is 113 cm³/mol. The number of hydrogen-bond acceptors (Lipinski definition) is 4. The highest BCUT2D eigenvalue weighted by molar-refractivity contribution is 5.80. The molecule has 1 amide bonds. The number of nitrogens with zero attached hydrogens (tertiary/aromatic N) is 2. The van der Waals surface area contributed by atoms with Crippen molar-refractivity contribution in [1.29, 1.82) is 0 Å². The maximum Gasteiger partial charge on any atom is 0.244 e. The van der Waals surface area contributed by atoms with E-state index in [0.29, 0.717) is 12.5 Å². The molecule has 1 aliphatic carbocycles. The van der Waals surface area contributed by atoms with Crippen molar-refractivity contribution in [1.82, 2.24) is 9.80 Å². The van der Waals surface area contributed by atoms with Gasteiger partial charge in [0.15, 0.2) is 0 Å². The monoisotopic (exact) mass is 392 g/mol. The summed E-state index contributed by atoms with van der Waals surface area (Å²) in [5, 5.41) is 0. The number of ether oxygens (including phenoxy) is 2. The van der Waals surface area contributed by atoms with Gasteiger partial charge in [0.25, 0.3) is 0 Å². The van der Waals surface area contributed by atoms with Crippen molar-refractivity contribution in [2.24, 2.45) is 5.92 Å². The van der Waals surface area contributed by atoms with Crippen molar-refractivity contribution in [3.8, 4) is 5.75 Å². The minimum absolute atomic E-state index is 0.0411. The van der Waals surface area contributed by atoms with Crippen LogP contribution in [0.1, 0.15) is 30.9 Å². The zero-order chi connectivity index (χ0) is 20.2. The maximum atomic E-state index is 12.9. The van der Waals surface area contributed by atoms with Crippen LogP contribution in [0.5, 0.6) is 5.75 Å². The zero-order valence-electron chi connectivity index (χ0n) is 17.1. The van der Waals surface area contributed by atoms with Crippen molar-refractivity contribution in [3.63, 3.8) is 0 Å². The smallest absolute Gasteiger partial charge is 0.244 e. The molecule has 4 rings (SSSR count). The van der Waals surface area contributed by atoms with Gasteiger partial charge in [-0.3, -0.25) is 14.6 Å². The molecule has 1 unspecified atom stereocenters. The number of rotatable bonds is 5. The summed E-state index contributed by atoms with van der Waals surface area (Å²) in [6.07, 6.45) is 14.5. The summed E-state index contributed by atoms with van der Waals surface area (Å²) in [7, 11) is 1.70. The average Bonchev–Trinajstić information content (AvgIpc) is 2.78. The van der Waals surface area contributed by atoms with Crippen LogP contribution in [0.3, 0.4) is 0 Å². The summed E-state index contributed by atoms with van der Waals surface area (Å²) in [6.45, 7) is 4.15. The highest BCUT2D eigenvalue weighted by Gasteiger charge is 2.24. The molecule has 1 atom stereocenters. The van der Waals surface area contributed by atoms with Crippen LogP contribution in [0.2, 0.25) is 0 Å². The molecular formula is C24H28N2O3. The second-order valence-corrected chi connectivity index (χ2v) is 7.71. The van der Waals surface area contributed by atoms with Crippen molar-refractivity contribution >= 4 is 5.91 Å². The SMILES string of the molecule is CCC1C=CC=C(C2=CN(C(=O)CN3CCc4cccc(OC)c4C3)C=CO2)C1. The van der Waals surface area contributed by atoms with E-state index in [0.717, 1.165) is 49.4 Å². The largest absolute Gasteiger partial charge is 0.496 e. The molecule has 0 bridgehead atoms. The molecule has 1 aromatic carbocycles. The summed E-state index contributed by atoms with van der Waals surface area (Å²) in [4.78, 5) is 16.8. The summed E-state index contributed by atoms with van der Waals surface area (Å²) in [6, 6.07) is 6.16. The number of amides is 1. The first-order valence-corrected chi connectivity index (χ1v) is 10.3. The van der Waals surface area contributed by atoms with E-state index in [1.54, 1.807) is 24.5 Å². The van der Waals surface area contributed by atoms with Crippen molar-refractivity contribution in [3.05, 3.63) is 77.5 Å². The van der Waals surface area contributed by atoms with Crippen LogP contribution >= 0.6 is 0 Å². The van der Waals surface area contributed by atoms with Crippen molar-refractivity contribution in [2.45, 2.75) is 32.7 Å². The van der Waals surface area contributed by atoms with E-state index < -0.39 is 0 Å². The second kappa shape index (κ2) is 8.70. The van der Waals surface area contributed by atoms with Gasteiger partial charge >= 0.3 is 0 Å². The Morgan fingerprint density at radius 3 is 3.07 bits per heavy atom. The molecule has 0 radical (unpaired) electrons. The molecule has 2 aliphatic heterocycles. The van der Waals surface area contributed by atoms with Crippen LogP contribution in [0, 0.1) is 5.92 Å². The van der Waals surface area contributed by atoms with E-state index in [-0.39, 0.29) is 5.91 Å². The highest BCUT2D eigenvalue weighted by atomic mass is 16.5. The van der Waals surface area contributed by atoms with Gasteiger partial charge < -0.3 is 9.47 Å². The van der Waals surface area contributed by atoms with Gasteiger partial charge in [0, 0.05) is 24.9 Å². The lowest BCUT2D eigenvalue weighted by atomic mass is 9.91. The third-order valence-corrected chi connectivity index (χ3v) is 5.85. The molecule has 0 fully saturated rings. The molecule has 0 N–H and O–H groups in total. The summed E-state index contributed by atoms with van der Waals surface area (Å²) in [5.74, 6) is 2.22. The fourth-order valence-electron chi connectivity index (χ4n) is 4.10. The Hall–Kier alpha value is -2.79. The maximum absolute atomic E-state index is 12.9. The lowest BCUT2D eigenvalue weighted by molar-refractivity contribution is -0.128. The Morgan fingerprint density at radius 2 is 2.24 bits per heavy atom. The predicted octanol–water partition coefficient (Wildman–Crippen LogP) is 4.14. The van der Waals surface area contributed by atoms with E-state index in [9.17, 15) is 4.79 Å². The number of carbonyl (C=O) groups excluding carboxylic acids is 1. The zero-order valence-corrected chi connectivity index (χ0v) is 17.1. The molecule has 1 aromatic rings. The molecule has 0 spiro atoms. The molecule has 0 saturated carbocycles. The van der Waals surface area contributed by atoms with Gasteiger partial charge in [-0.15, -0.1) is 0 Å². The fraction of sp³-hybridized carbons (Fsp3) is 0.375. The molecule has 5 nitrogen and oxygen atoms in total. The summed E-state index contributed by atoms with van der Waals surface area (Å²) < 4.78 is 11.2. The van der Waals surface area contributed by atoms with Gasteiger partial charge in [0.2, 0.25) is 5.91 Å². The number of carbonyl (C=O) groups is 1. The van der Waals surface area contributed by atoms with Gasteiger partial charge in [-0.1, -0.05) is 37.3 Å². The Balaban J connectivity index is 1.43. The van der Waals surface area contributed by atoms with E-state index >= 15 is 0 Å². The summed E-state index contributed by atoms with van der Waals surface area (Å²) in [5.41, 5.74) is 3.63. The molecule has 2 heterocycles. The molecule has 3 aliphatic rings. The second-order valence-electron chi connectivity index (χ2n) is 7.71. The minimum atomic E-state index is 0.0411. The third-order valence-electron chi connectivity index (χ3n) is 5.85. The molecule has 29 heavy (non-hydrogen) atoms. The molecular weight excluding hydrogens is 364 g/mol. The Labute approximate surface area is 172 Å². The molecule has 0 saturated heterocycles. The lowest BCUT2D eigenvalue weighted by Gasteiger charge is -2.31.